The first-order valence-corrected chi connectivity index (χ1v) is 7.79. The van der Waals surface area contributed by atoms with Crippen LogP contribution in [0.1, 0.15) is 24.2 Å². The summed E-state index contributed by atoms with van der Waals surface area (Å²) in [6.45, 7) is 2.05. The van der Waals surface area contributed by atoms with Gasteiger partial charge in [-0.1, -0.05) is 42.8 Å². The molecule has 2 rings (SSSR count). The van der Waals surface area contributed by atoms with Crippen molar-refractivity contribution in [3.05, 3.63) is 64.9 Å². The molecule has 0 aliphatic heterocycles. The molecular weight excluding hydrogens is 293 g/mol. The molecule has 0 aliphatic rings. The molecule has 2 aromatic rings. The van der Waals surface area contributed by atoms with E-state index >= 15 is 0 Å². The summed E-state index contributed by atoms with van der Waals surface area (Å²) in [6.07, 6.45) is 0.847. The van der Waals surface area contributed by atoms with Gasteiger partial charge in [0.25, 0.3) is 0 Å². The number of nitrogens with two attached hydrogens (primary N) is 1. The first-order valence-electron chi connectivity index (χ1n) is 6.54. The lowest BCUT2D eigenvalue weighted by molar-refractivity contribution is 0.618. The molecule has 20 heavy (non-hydrogen) atoms. The highest BCUT2D eigenvalue weighted by atomic mass is 35.5. The summed E-state index contributed by atoms with van der Waals surface area (Å²) >= 11 is 7.83. The van der Waals surface area contributed by atoms with Gasteiger partial charge >= 0.3 is 0 Å². The lowest BCUT2D eigenvalue weighted by Crippen LogP contribution is -2.25. The molecule has 0 spiro atoms. The second-order valence-corrected chi connectivity index (χ2v) is 6.18. The fraction of sp³-hybridized carbons (Fsp3) is 0.250. The van der Waals surface area contributed by atoms with E-state index in [9.17, 15) is 4.39 Å². The van der Waals surface area contributed by atoms with Crippen molar-refractivity contribution in [2.45, 2.75) is 29.5 Å². The summed E-state index contributed by atoms with van der Waals surface area (Å²) in [6, 6.07) is 14.2. The first-order chi connectivity index (χ1) is 9.61. The highest BCUT2D eigenvalue weighted by molar-refractivity contribution is 7.99. The molecule has 0 amide bonds. The Balaban J connectivity index is 2.29. The van der Waals surface area contributed by atoms with Crippen LogP contribution in [0.3, 0.4) is 0 Å². The summed E-state index contributed by atoms with van der Waals surface area (Å²) in [5.41, 5.74) is 7.25. The topological polar surface area (TPSA) is 26.0 Å². The average Bonchev–Trinajstić information content (AvgIpc) is 2.47. The standard InChI is InChI=1S/C16H17ClFNS/c1-2-14(19)16(11-7-9-12(18)10-8-11)20-15-6-4-3-5-13(15)17/h3-10,14,16H,2,19H2,1H3. The molecule has 0 aromatic heterocycles. The SMILES string of the molecule is CCC(N)C(Sc1ccccc1Cl)c1ccc(F)cc1. The quantitative estimate of drug-likeness (QED) is 0.782. The molecule has 0 saturated heterocycles. The van der Waals surface area contributed by atoms with Crippen LogP contribution in [0.5, 0.6) is 0 Å². The molecule has 0 radical (unpaired) electrons. The number of rotatable bonds is 5. The van der Waals surface area contributed by atoms with E-state index in [2.05, 4.69) is 0 Å². The van der Waals surface area contributed by atoms with Crippen molar-refractivity contribution in [3.63, 3.8) is 0 Å². The van der Waals surface area contributed by atoms with Gasteiger partial charge in [-0.15, -0.1) is 11.8 Å². The van der Waals surface area contributed by atoms with E-state index in [1.165, 1.54) is 12.1 Å². The minimum absolute atomic E-state index is 0.0123. The molecule has 0 saturated carbocycles. The maximum absolute atomic E-state index is 13.1. The van der Waals surface area contributed by atoms with E-state index in [0.29, 0.717) is 5.02 Å². The number of hydrogen-bond donors (Lipinski definition) is 1. The first kappa shape index (κ1) is 15.4. The zero-order valence-electron chi connectivity index (χ0n) is 11.2. The Morgan fingerprint density at radius 3 is 2.40 bits per heavy atom. The van der Waals surface area contributed by atoms with Crippen molar-refractivity contribution in [1.29, 1.82) is 0 Å². The third kappa shape index (κ3) is 3.75. The molecule has 2 unspecified atom stereocenters. The van der Waals surface area contributed by atoms with Gasteiger partial charge in [-0.05, 0) is 36.2 Å². The zero-order chi connectivity index (χ0) is 14.5. The summed E-state index contributed by atoms with van der Waals surface area (Å²) in [5.74, 6) is -0.236. The fourth-order valence-electron chi connectivity index (χ4n) is 1.95. The number of halogens is 2. The van der Waals surface area contributed by atoms with Crippen LogP contribution in [0.4, 0.5) is 4.39 Å². The highest BCUT2D eigenvalue weighted by Crippen LogP contribution is 2.40. The average molecular weight is 310 g/mol. The van der Waals surface area contributed by atoms with Crippen LogP contribution in [0.2, 0.25) is 5.02 Å². The normalized spacial score (nSPS) is 14.0. The second kappa shape index (κ2) is 7.11. The van der Waals surface area contributed by atoms with E-state index in [1.54, 1.807) is 23.9 Å². The molecule has 0 heterocycles. The van der Waals surface area contributed by atoms with Crippen LogP contribution >= 0.6 is 23.4 Å². The summed E-state index contributed by atoms with van der Waals surface area (Å²) < 4.78 is 13.1. The Morgan fingerprint density at radius 2 is 1.80 bits per heavy atom. The van der Waals surface area contributed by atoms with E-state index in [0.717, 1.165) is 16.9 Å². The third-order valence-electron chi connectivity index (χ3n) is 3.15. The number of benzene rings is 2. The van der Waals surface area contributed by atoms with Gasteiger partial charge in [-0.25, -0.2) is 4.39 Å². The number of hydrogen-bond acceptors (Lipinski definition) is 2. The van der Waals surface area contributed by atoms with Crippen molar-refractivity contribution in [3.8, 4) is 0 Å². The molecular formula is C16H17ClFNS. The molecule has 2 atom stereocenters. The van der Waals surface area contributed by atoms with Gasteiger partial charge in [0.15, 0.2) is 0 Å². The smallest absolute Gasteiger partial charge is 0.123 e. The fourth-order valence-corrected chi connectivity index (χ4v) is 3.49. The van der Waals surface area contributed by atoms with E-state index < -0.39 is 0 Å². The molecule has 2 N–H and O–H groups in total. The minimum atomic E-state index is -0.236. The van der Waals surface area contributed by atoms with E-state index in [1.807, 2.05) is 31.2 Å². The molecule has 1 nitrogen and oxygen atoms in total. The molecule has 0 fully saturated rings. The largest absolute Gasteiger partial charge is 0.326 e. The zero-order valence-corrected chi connectivity index (χ0v) is 12.8. The molecule has 106 valence electrons. The van der Waals surface area contributed by atoms with Crippen molar-refractivity contribution in [1.82, 2.24) is 0 Å². The Hall–Kier alpha value is -1.03. The lowest BCUT2D eigenvalue weighted by atomic mass is 10.0. The minimum Gasteiger partial charge on any atom is -0.326 e. The van der Waals surface area contributed by atoms with Gasteiger partial charge < -0.3 is 5.73 Å². The highest BCUT2D eigenvalue weighted by Gasteiger charge is 2.21. The predicted octanol–water partition coefficient (Wildman–Crippen LogP) is 5.05. The van der Waals surface area contributed by atoms with Crippen molar-refractivity contribution in [2.75, 3.05) is 0 Å². The van der Waals surface area contributed by atoms with Gasteiger partial charge in [0.1, 0.15) is 5.82 Å². The monoisotopic (exact) mass is 309 g/mol. The Kier molecular flexibility index (Phi) is 5.46. The van der Waals surface area contributed by atoms with Gasteiger partial charge in [0, 0.05) is 16.2 Å². The van der Waals surface area contributed by atoms with Crippen LogP contribution in [0.15, 0.2) is 53.4 Å². The summed E-state index contributed by atoms with van der Waals surface area (Å²) in [4.78, 5) is 0.993. The Bertz CT molecular complexity index is 559. The van der Waals surface area contributed by atoms with Crippen LogP contribution in [0.25, 0.3) is 0 Å². The summed E-state index contributed by atoms with van der Waals surface area (Å²) in [5, 5.41) is 0.772. The van der Waals surface area contributed by atoms with E-state index in [4.69, 9.17) is 17.3 Å². The Morgan fingerprint density at radius 1 is 1.15 bits per heavy atom. The molecule has 0 aliphatic carbocycles. The van der Waals surface area contributed by atoms with Crippen LogP contribution in [-0.4, -0.2) is 6.04 Å². The van der Waals surface area contributed by atoms with Gasteiger partial charge in [-0.2, -0.15) is 0 Å². The second-order valence-electron chi connectivity index (χ2n) is 4.59. The lowest BCUT2D eigenvalue weighted by Gasteiger charge is -2.23. The van der Waals surface area contributed by atoms with E-state index in [-0.39, 0.29) is 17.1 Å². The van der Waals surface area contributed by atoms with Crippen molar-refractivity contribution >= 4 is 23.4 Å². The van der Waals surface area contributed by atoms with Crippen molar-refractivity contribution in [2.24, 2.45) is 5.73 Å². The van der Waals surface area contributed by atoms with Crippen LogP contribution in [0, 0.1) is 5.82 Å². The maximum Gasteiger partial charge on any atom is 0.123 e. The van der Waals surface area contributed by atoms with Crippen LogP contribution in [-0.2, 0) is 0 Å². The molecule has 0 bridgehead atoms. The van der Waals surface area contributed by atoms with Gasteiger partial charge in [0.05, 0.1) is 5.02 Å². The predicted molar refractivity (Wildman–Crippen MR) is 84.7 cm³/mol. The summed E-state index contributed by atoms with van der Waals surface area (Å²) in [7, 11) is 0. The maximum atomic E-state index is 13.1. The third-order valence-corrected chi connectivity index (χ3v) is 5.08. The van der Waals surface area contributed by atoms with Gasteiger partial charge in [0.2, 0.25) is 0 Å². The Labute approximate surface area is 128 Å². The molecule has 2 aromatic carbocycles. The van der Waals surface area contributed by atoms with Crippen molar-refractivity contribution < 1.29 is 4.39 Å². The molecule has 4 heteroatoms. The van der Waals surface area contributed by atoms with Crippen LogP contribution < -0.4 is 5.73 Å². The number of thioether (sulfide) groups is 1. The van der Waals surface area contributed by atoms with Gasteiger partial charge in [-0.3, -0.25) is 0 Å².